The van der Waals surface area contributed by atoms with Crippen molar-refractivity contribution < 1.29 is 0 Å². The molecule has 118 valence electrons. The van der Waals surface area contributed by atoms with Crippen molar-refractivity contribution in [2.45, 2.75) is 0 Å². The Morgan fingerprint density at radius 3 is 2.79 bits per heavy atom. The smallest absolute Gasteiger partial charge is 0.266 e. The Morgan fingerprint density at radius 1 is 1.21 bits per heavy atom. The summed E-state index contributed by atoms with van der Waals surface area (Å²) in [4.78, 5) is 21.4. The first-order valence-corrected chi connectivity index (χ1v) is 8.46. The first-order chi connectivity index (χ1) is 11.6. The van der Waals surface area contributed by atoms with Crippen LogP contribution in [-0.2, 0) is 0 Å². The third-order valence-electron chi connectivity index (χ3n) is 3.34. The molecule has 0 bridgehead atoms. The van der Waals surface area contributed by atoms with Gasteiger partial charge in [-0.15, -0.1) is 5.10 Å². The van der Waals surface area contributed by atoms with Crippen LogP contribution in [0.4, 0.5) is 0 Å². The van der Waals surface area contributed by atoms with E-state index < -0.39 is 0 Å². The molecule has 0 fully saturated rings. The van der Waals surface area contributed by atoms with Gasteiger partial charge in [0.05, 0.1) is 9.55 Å². The monoisotopic (exact) mass is 374 g/mol. The van der Waals surface area contributed by atoms with E-state index in [9.17, 15) is 4.79 Å². The number of pyridine rings is 1. The average Bonchev–Trinajstić information content (AvgIpc) is 3.09. The highest BCUT2D eigenvalue weighted by molar-refractivity contribution is 7.15. The molecule has 3 aromatic heterocycles. The zero-order chi connectivity index (χ0) is 16.7. The summed E-state index contributed by atoms with van der Waals surface area (Å²) in [7, 11) is 0. The lowest BCUT2D eigenvalue weighted by Gasteiger charge is -1.98. The lowest BCUT2D eigenvalue weighted by molar-refractivity contribution is 0.937. The van der Waals surface area contributed by atoms with E-state index in [-0.39, 0.29) is 5.56 Å². The molecule has 4 aromatic rings. The van der Waals surface area contributed by atoms with Crippen molar-refractivity contribution in [3.05, 3.63) is 73.2 Å². The largest absolute Gasteiger partial charge is 0.291 e. The van der Waals surface area contributed by atoms with Crippen LogP contribution in [0, 0.1) is 0 Å². The lowest BCUT2D eigenvalue weighted by atomic mass is 10.2. The van der Waals surface area contributed by atoms with Gasteiger partial charge in [0.15, 0.2) is 5.82 Å². The van der Waals surface area contributed by atoms with Crippen molar-refractivity contribution in [1.82, 2.24) is 19.6 Å². The standard InChI is InChI=1S/C16H8Cl2N4OS/c17-10-3-4-11(12(18)7-10)14-20-16-22(21-14)15(23)13(24-16)6-9-2-1-5-19-8-9/h1-8H/b13-6-. The Kier molecular flexibility index (Phi) is 3.80. The highest BCUT2D eigenvalue weighted by atomic mass is 35.5. The fraction of sp³-hybridized carbons (Fsp3) is 0. The molecule has 3 heterocycles. The summed E-state index contributed by atoms with van der Waals surface area (Å²) in [6.45, 7) is 0. The van der Waals surface area contributed by atoms with Gasteiger partial charge in [-0.2, -0.15) is 9.50 Å². The van der Waals surface area contributed by atoms with Crippen molar-refractivity contribution >= 4 is 45.6 Å². The summed E-state index contributed by atoms with van der Waals surface area (Å²) in [5.41, 5.74) is 1.26. The summed E-state index contributed by atoms with van der Waals surface area (Å²) >= 11 is 13.3. The Labute approximate surface area is 149 Å². The molecule has 0 N–H and O–H groups in total. The van der Waals surface area contributed by atoms with Gasteiger partial charge in [0.2, 0.25) is 4.96 Å². The molecule has 0 saturated heterocycles. The molecule has 24 heavy (non-hydrogen) atoms. The third-order valence-corrected chi connectivity index (χ3v) is 4.84. The van der Waals surface area contributed by atoms with E-state index in [4.69, 9.17) is 23.2 Å². The van der Waals surface area contributed by atoms with Gasteiger partial charge in [-0.1, -0.05) is 40.6 Å². The normalized spacial score (nSPS) is 12.2. The maximum atomic E-state index is 12.5. The SMILES string of the molecule is O=c1/c(=C/c2cccnc2)sc2nc(-c3ccc(Cl)cc3Cl)nn12. The number of benzene rings is 1. The predicted octanol–water partition coefficient (Wildman–Crippen LogP) is 3.07. The molecule has 5 nitrogen and oxygen atoms in total. The van der Waals surface area contributed by atoms with Gasteiger partial charge in [-0.25, -0.2) is 0 Å². The van der Waals surface area contributed by atoms with Gasteiger partial charge in [0, 0.05) is 23.0 Å². The zero-order valence-electron chi connectivity index (χ0n) is 12.0. The number of aromatic nitrogens is 4. The number of rotatable bonds is 2. The molecule has 0 aliphatic carbocycles. The molecular formula is C16H8Cl2N4OS. The molecule has 0 aliphatic heterocycles. The van der Waals surface area contributed by atoms with Crippen molar-refractivity contribution in [2.75, 3.05) is 0 Å². The van der Waals surface area contributed by atoms with Crippen LogP contribution in [0.5, 0.6) is 0 Å². The molecule has 0 spiro atoms. The molecule has 0 aliphatic rings. The lowest BCUT2D eigenvalue weighted by Crippen LogP contribution is -2.23. The van der Waals surface area contributed by atoms with Crippen LogP contribution in [0.15, 0.2) is 47.5 Å². The van der Waals surface area contributed by atoms with Crippen molar-refractivity contribution in [2.24, 2.45) is 0 Å². The molecular weight excluding hydrogens is 367 g/mol. The Bertz CT molecular complexity index is 1150. The average molecular weight is 375 g/mol. The summed E-state index contributed by atoms with van der Waals surface area (Å²) in [6.07, 6.45) is 5.14. The highest BCUT2D eigenvalue weighted by Crippen LogP contribution is 2.28. The van der Waals surface area contributed by atoms with Crippen LogP contribution in [-0.4, -0.2) is 19.6 Å². The van der Waals surface area contributed by atoms with Gasteiger partial charge in [0.25, 0.3) is 5.56 Å². The van der Waals surface area contributed by atoms with E-state index in [2.05, 4.69) is 15.1 Å². The molecule has 0 saturated carbocycles. The summed E-state index contributed by atoms with van der Waals surface area (Å²) in [6, 6.07) is 8.75. The summed E-state index contributed by atoms with van der Waals surface area (Å²) in [5.74, 6) is 0.396. The van der Waals surface area contributed by atoms with Gasteiger partial charge < -0.3 is 0 Å². The minimum absolute atomic E-state index is 0.220. The summed E-state index contributed by atoms with van der Waals surface area (Å²) in [5, 5.41) is 5.25. The Balaban J connectivity index is 1.84. The summed E-state index contributed by atoms with van der Waals surface area (Å²) < 4.78 is 1.83. The first-order valence-electron chi connectivity index (χ1n) is 6.88. The molecule has 4 rings (SSSR count). The number of hydrogen-bond donors (Lipinski definition) is 0. The highest BCUT2D eigenvalue weighted by Gasteiger charge is 2.14. The van der Waals surface area contributed by atoms with Crippen LogP contribution in [0.2, 0.25) is 10.0 Å². The second kappa shape index (κ2) is 5.98. The quantitative estimate of drug-likeness (QED) is 0.540. The van der Waals surface area contributed by atoms with Crippen LogP contribution in [0.25, 0.3) is 22.4 Å². The zero-order valence-corrected chi connectivity index (χ0v) is 14.3. The second-order valence-corrected chi connectivity index (χ2v) is 6.81. The number of fused-ring (bicyclic) bond motifs is 1. The van der Waals surface area contributed by atoms with E-state index in [1.807, 2.05) is 12.1 Å². The van der Waals surface area contributed by atoms with Gasteiger partial charge in [-0.05, 0) is 35.9 Å². The number of hydrogen-bond acceptors (Lipinski definition) is 5. The Hall–Kier alpha value is -2.28. The number of halogens is 2. The van der Waals surface area contributed by atoms with E-state index >= 15 is 0 Å². The van der Waals surface area contributed by atoms with Crippen LogP contribution in [0.1, 0.15) is 5.56 Å². The van der Waals surface area contributed by atoms with Crippen LogP contribution < -0.4 is 10.1 Å². The molecule has 8 heteroatoms. The van der Waals surface area contributed by atoms with Crippen molar-refractivity contribution in [1.29, 1.82) is 0 Å². The topological polar surface area (TPSA) is 60.2 Å². The van der Waals surface area contributed by atoms with E-state index in [1.54, 1.807) is 36.7 Å². The number of nitrogens with zero attached hydrogens (tertiary/aromatic N) is 4. The van der Waals surface area contributed by atoms with Crippen molar-refractivity contribution in [3.8, 4) is 11.4 Å². The molecule has 0 atom stereocenters. The van der Waals surface area contributed by atoms with Gasteiger partial charge in [0.1, 0.15) is 0 Å². The minimum Gasteiger partial charge on any atom is -0.266 e. The van der Waals surface area contributed by atoms with Gasteiger partial charge in [-0.3, -0.25) is 9.78 Å². The van der Waals surface area contributed by atoms with E-state index in [1.165, 1.54) is 15.9 Å². The van der Waals surface area contributed by atoms with Crippen molar-refractivity contribution in [3.63, 3.8) is 0 Å². The first kappa shape index (κ1) is 15.3. The van der Waals surface area contributed by atoms with E-state index in [0.717, 1.165) is 5.56 Å². The Morgan fingerprint density at radius 2 is 2.08 bits per heavy atom. The maximum absolute atomic E-state index is 12.5. The maximum Gasteiger partial charge on any atom is 0.291 e. The predicted molar refractivity (Wildman–Crippen MR) is 95.6 cm³/mol. The molecule has 0 radical (unpaired) electrons. The van der Waals surface area contributed by atoms with E-state index in [0.29, 0.717) is 30.9 Å². The van der Waals surface area contributed by atoms with Crippen LogP contribution >= 0.6 is 34.5 Å². The molecule has 0 unspecified atom stereocenters. The second-order valence-electron chi connectivity index (χ2n) is 4.96. The third kappa shape index (κ3) is 2.69. The van der Waals surface area contributed by atoms with Gasteiger partial charge >= 0.3 is 0 Å². The van der Waals surface area contributed by atoms with Crippen LogP contribution in [0.3, 0.4) is 0 Å². The fourth-order valence-electron chi connectivity index (χ4n) is 2.23. The molecule has 0 amide bonds. The molecule has 1 aromatic carbocycles. The number of thiazole rings is 1. The minimum atomic E-state index is -0.220. The fourth-order valence-corrected chi connectivity index (χ4v) is 3.63.